The van der Waals surface area contributed by atoms with E-state index < -0.39 is 11.9 Å². The number of hydrogen-bond acceptors (Lipinski definition) is 8. The molecule has 9 nitrogen and oxygen atoms in total. The molecule has 0 atom stereocenters. The average molecular weight is 599 g/mol. The monoisotopic (exact) mass is 598 g/mol. The van der Waals surface area contributed by atoms with Crippen molar-refractivity contribution in [3.8, 4) is 27.3 Å². The van der Waals surface area contributed by atoms with Crippen molar-refractivity contribution in [1.82, 2.24) is 10.3 Å². The Bertz CT molecular complexity index is 1720. The highest BCUT2D eigenvalue weighted by Gasteiger charge is 2.27. The van der Waals surface area contributed by atoms with Crippen LogP contribution in [-0.4, -0.2) is 42.5 Å². The SMILES string of the molecule is COC(=O)c1nc(C(=O)NC(C)C)ccc1-c1cc2c(cc1C(=O)Nc1c(C)cc(CN)cc1C)-c1sccc1CCO2. The van der Waals surface area contributed by atoms with E-state index in [9.17, 15) is 14.4 Å². The first-order valence-corrected chi connectivity index (χ1v) is 14.9. The molecule has 10 heteroatoms. The van der Waals surface area contributed by atoms with Gasteiger partial charge in [0.25, 0.3) is 11.8 Å². The van der Waals surface area contributed by atoms with Gasteiger partial charge in [0.15, 0.2) is 5.69 Å². The lowest BCUT2D eigenvalue weighted by molar-refractivity contribution is 0.0594. The largest absolute Gasteiger partial charge is 0.493 e. The van der Waals surface area contributed by atoms with Crippen LogP contribution in [0.1, 0.15) is 67.4 Å². The van der Waals surface area contributed by atoms with Crippen molar-refractivity contribution in [2.24, 2.45) is 5.73 Å². The van der Waals surface area contributed by atoms with Gasteiger partial charge in [0, 0.05) is 51.8 Å². The highest BCUT2D eigenvalue weighted by molar-refractivity contribution is 7.13. The minimum atomic E-state index is -0.735. The number of carbonyl (C=O) groups excluding carboxylic acids is 3. The Morgan fingerprint density at radius 2 is 1.77 bits per heavy atom. The number of rotatable bonds is 7. The summed E-state index contributed by atoms with van der Waals surface area (Å²) in [5.41, 5.74) is 12.3. The lowest BCUT2D eigenvalue weighted by atomic mass is 9.93. The number of nitrogens with two attached hydrogens (primary N) is 1. The summed E-state index contributed by atoms with van der Waals surface area (Å²) in [7, 11) is 1.25. The number of thiophene rings is 1. The van der Waals surface area contributed by atoms with Gasteiger partial charge in [-0.05, 0) is 85.7 Å². The molecule has 0 saturated carbocycles. The second-order valence-corrected chi connectivity index (χ2v) is 11.7. The second kappa shape index (κ2) is 12.4. The number of benzene rings is 2. The number of methoxy groups -OCH3 is 1. The standard InChI is InChI=1S/C33H34N4O5S/c1-17(2)35-32(39)26-7-6-22(29(36-26)33(40)41-5)23-15-27-25(30-21(8-10-42-27)9-11-43-30)14-24(23)31(38)37-28-18(3)12-20(16-34)13-19(28)4/h6-7,9,11-15,17H,8,10,16,34H2,1-5H3,(H,35,39)(H,37,38). The van der Waals surface area contributed by atoms with Crippen molar-refractivity contribution in [2.75, 3.05) is 19.0 Å². The third kappa shape index (κ3) is 6.02. The molecule has 0 spiro atoms. The van der Waals surface area contributed by atoms with Crippen molar-refractivity contribution in [3.63, 3.8) is 0 Å². The predicted molar refractivity (Wildman–Crippen MR) is 168 cm³/mol. The van der Waals surface area contributed by atoms with Crippen molar-refractivity contribution in [1.29, 1.82) is 0 Å². The number of fused-ring (bicyclic) bond motifs is 3. The highest BCUT2D eigenvalue weighted by atomic mass is 32.1. The summed E-state index contributed by atoms with van der Waals surface area (Å²) in [6, 6.07) is 12.6. The Hall–Kier alpha value is -4.54. The first-order valence-electron chi connectivity index (χ1n) is 14.0. The summed E-state index contributed by atoms with van der Waals surface area (Å²) in [6.45, 7) is 8.37. The fourth-order valence-corrected chi connectivity index (χ4v) is 6.24. The molecule has 0 unspecified atom stereocenters. The molecule has 1 aliphatic heterocycles. The number of nitrogens with one attached hydrogen (secondary N) is 2. The number of pyridine rings is 1. The summed E-state index contributed by atoms with van der Waals surface area (Å²) in [5.74, 6) is -0.942. The fraction of sp³-hybridized carbons (Fsp3) is 0.273. The Morgan fingerprint density at radius 1 is 1.02 bits per heavy atom. The Kier molecular flexibility index (Phi) is 8.61. The maximum Gasteiger partial charge on any atom is 0.357 e. The van der Waals surface area contributed by atoms with E-state index in [1.807, 2.05) is 45.2 Å². The number of aryl methyl sites for hydroxylation is 2. The van der Waals surface area contributed by atoms with Gasteiger partial charge in [0.2, 0.25) is 0 Å². The third-order valence-electron chi connectivity index (χ3n) is 7.27. The van der Waals surface area contributed by atoms with Crippen LogP contribution < -0.4 is 21.1 Å². The zero-order valence-corrected chi connectivity index (χ0v) is 25.6. The summed E-state index contributed by atoms with van der Waals surface area (Å²) in [5, 5.41) is 7.91. The van der Waals surface area contributed by atoms with Gasteiger partial charge in [-0.15, -0.1) is 11.3 Å². The van der Waals surface area contributed by atoms with Crippen molar-refractivity contribution >= 4 is 34.8 Å². The summed E-state index contributed by atoms with van der Waals surface area (Å²) in [4.78, 5) is 45.4. The molecule has 222 valence electrons. The van der Waals surface area contributed by atoms with Crippen LogP contribution in [-0.2, 0) is 17.7 Å². The molecule has 4 aromatic rings. The number of hydrogen-bond donors (Lipinski definition) is 3. The molecular weight excluding hydrogens is 564 g/mol. The van der Waals surface area contributed by atoms with E-state index >= 15 is 0 Å². The van der Waals surface area contributed by atoms with Crippen molar-refractivity contribution < 1.29 is 23.9 Å². The smallest absolute Gasteiger partial charge is 0.357 e. The molecule has 2 amide bonds. The van der Waals surface area contributed by atoms with Crippen LogP contribution in [0, 0.1) is 13.8 Å². The number of anilines is 1. The van der Waals surface area contributed by atoms with E-state index in [-0.39, 0.29) is 23.3 Å². The molecule has 0 saturated heterocycles. The van der Waals surface area contributed by atoms with Crippen LogP contribution in [0.15, 0.2) is 47.8 Å². The molecule has 1 aliphatic rings. The molecule has 2 aromatic heterocycles. The minimum absolute atomic E-state index is 0.0596. The number of esters is 1. The molecule has 43 heavy (non-hydrogen) atoms. The predicted octanol–water partition coefficient (Wildman–Crippen LogP) is 5.66. The van der Waals surface area contributed by atoms with Gasteiger partial charge in [-0.2, -0.15) is 0 Å². The quantitative estimate of drug-likeness (QED) is 0.234. The molecule has 0 bridgehead atoms. The number of ether oxygens (including phenoxy) is 2. The topological polar surface area (TPSA) is 133 Å². The molecule has 0 radical (unpaired) electrons. The zero-order valence-electron chi connectivity index (χ0n) is 24.8. The Balaban J connectivity index is 1.71. The van der Waals surface area contributed by atoms with E-state index in [2.05, 4.69) is 21.7 Å². The maximum atomic E-state index is 14.2. The zero-order chi connectivity index (χ0) is 30.8. The lowest BCUT2D eigenvalue weighted by Gasteiger charge is -2.19. The van der Waals surface area contributed by atoms with Crippen LogP contribution >= 0.6 is 11.3 Å². The van der Waals surface area contributed by atoms with E-state index in [0.717, 1.165) is 39.1 Å². The van der Waals surface area contributed by atoms with Gasteiger partial charge in [0.05, 0.1) is 13.7 Å². The second-order valence-electron chi connectivity index (χ2n) is 10.7. The van der Waals surface area contributed by atoms with E-state index in [1.165, 1.54) is 13.2 Å². The number of nitrogens with zero attached hydrogens (tertiary/aromatic N) is 1. The van der Waals surface area contributed by atoms with Crippen LogP contribution in [0.2, 0.25) is 0 Å². The third-order valence-corrected chi connectivity index (χ3v) is 8.26. The van der Waals surface area contributed by atoms with Gasteiger partial charge in [-0.25, -0.2) is 9.78 Å². The molecule has 2 aromatic carbocycles. The highest BCUT2D eigenvalue weighted by Crippen LogP contribution is 2.43. The molecule has 4 N–H and O–H groups in total. The van der Waals surface area contributed by atoms with Crippen LogP contribution in [0.5, 0.6) is 5.75 Å². The van der Waals surface area contributed by atoms with Gasteiger partial charge in [0.1, 0.15) is 11.4 Å². The van der Waals surface area contributed by atoms with Gasteiger partial charge in [-0.3, -0.25) is 9.59 Å². The maximum absolute atomic E-state index is 14.2. The molecule has 0 aliphatic carbocycles. The number of aromatic nitrogens is 1. The Labute approximate surface area is 254 Å². The molecular formula is C33H34N4O5S. The van der Waals surface area contributed by atoms with Crippen LogP contribution in [0.3, 0.4) is 0 Å². The van der Waals surface area contributed by atoms with Crippen molar-refractivity contribution in [2.45, 2.75) is 46.7 Å². The summed E-state index contributed by atoms with van der Waals surface area (Å²) >= 11 is 1.58. The first kappa shape index (κ1) is 29.9. The molecule has 0 fully saturated rings. The van der Waals surface area contributed by atoms with Gasteiger partial charge < -0.3 is 25.8 Å². The van der Waals surface area contributed by atoms with Crippen molar-refractivity contribution in [3.05, 3.63) is 87.0 Å². The van der Waals surface area contributed by atoms with Crippen LogP contribution in [0.25, 0.3) is 21.6 Å². The first-order chi connectivity index (χ1) is 20.6. The summed E-state index contributed by atoms with van der Waals surface area (Å²) in [6.07, 6.45) is 0.727. The molecule has 3 heterocycles. The van der Waals surface area contributed by atoms with Gasteiger partial charge in [-0.1, -0.05) is 12.1 Å². The van der Waals surface area contributed by atoms with E-state index in [4.69, 9.17) is 15.2 Å². The van der Waals surface area contributed by atoms with Crippen LogP contribution in [0.4, 0.5) is 5.69 Å². The number of carbonyl (C=O) groups is 3. The minimum Gasteiger partial charge on any atom is -0.493 e. The normalized spacial score (nSPS) is 12.1. The fourth-order valence-electron chi connectivity index (χ4n) is 5.27. The van der Waals surface area contributed by atoms with Gasteiger partial charge >= 0.3 is 5.97 Å². The average Bonchev–Trinajstić information content (AvgIpc) is 3.38. The lowest BCUT2D eigenvalue weighted by Crippen LogP contribution is -2.31. The summed E-state index contributed by atoms with van der Waals surface area (Å²) < 4.78 is 11.2. The van der Waals surface area contributed by atoms with E-state index in [1.54, 1.807) is 29.5 Å². The van der Waals surface area contributed by atoms with E-state index in [0.29, 0.717) is 41.3 Å². The Morgan fingerprint density at radius 3 is 2.44 bits per heavy atom. The molecule has 5 rings (SSSR count). The number of amides is 2.